The summed E-state index contributed by atoms with van der Waals surface area (Å²) in [6.45, 7) is 5.46. The summed E-state index contributed by atoms with van der Waals surface area (Å²) in [5.74, 6) is 2.58. The highest BCUT2D eigenvalue weighted by atomic mass is 16.5. The van der Waals surface area contributed by atoms with Crippen molar-refractivity contribution in [3.05, 3.63) is 0 Å². The first-order chi connectivity index (χ1) is 10.4. The van der Waals surface area contributed by atoms with Crippen LogP contribution in [0.4, 0.5) is 0 Å². The molecule has 21 heavy (non-hydrogen) atoms. The van der Waals surface area contributed by atoms with E-state index in [-0.39, 0.29) is 0 Å². The van der Waals surface area contributed by atoms with Gasteiger partial charge in [-0.25, -0.2) is 0 Å². The lowest BCUT2D eigenvalue weighted by Gasteiger charge is -2.21. The van der Waals surface area contributed by atoms with Crippen molar-refractivity contribution < 1.29 is 9.47 Å². The average Bonchev–Trinajstić information content (AvgIpc) is 3.34. The number of rotatable bonds is 9. The number of nitrogens with zero attached hydrogens (tertiary/aromatic N) is 1. The van der Waals surface area contributed by atoms with Gasteiger partial charge in [-0.15, -0.1) is 0 Å². The maximum atomic E-state index is 5.75. The van der Waals surface area contributed by atoms with Crippen LogP contribution in [-0.2, 0) is 9.47 Å². The Kier molecular flexibility index (Phi) is 7.89. The molecular formula is C16H31N3O2. The van der Waals surface area contributed by atoms with Crippen LogP contribution in [0.5, 0.6) is 0 Å². The summed E-state index contributed by atoms with van der Waals surface area (Å²) in [5, 5.41) is 6.71. The minimum Gasteiger partial charge on any atom is -0.381 e. The van der Waals surface area contributed by atoms with Crippen LogP contribution in [0.3, 0.4) is 0 Å². The van der Waals surface area contributed by atoms with Crippen LogP contribution in [0, 0.1) is 11.8 Å². The quantitative estimate of drug-likeness (QED) is 0.387. The van der Waals surface area contributed by atoms with Crippen molar-refractivity contribution in [1.29, 1.82) is 0 Å². The summed E-state index contributed by atoms with van der Waals surface area (Å²) in [6.07, 6.45) is 7.42. The average molecular weight is 297 g/mol. The molecule has 0 spiro atoms. The molecule has 0 amide bonds. The standard InChI is InChI=1S/C16H31N3O2/c1-17-16(19-9-5-14-3-4-14)18-8-2-10-21-13-15-6-11-20-12-7-15/h14-15H,2-13H2,1H3,(H2,17,18,19). The molecule has 2 aliphatic rings. The van der Waals surface area contributed by atoms with Gasteiger partial charge in [0, 0.05) is 46.6 Å². The van der Waals surface area contributed by atoms with Crippen molar-refractivity contribution in [1.82, 2.24) is 10.6 Å². The third kappa shape index (κ3) is 7.67. The Morgan fingerprint density at radius 3 is 2.57 bits per heavy atom. The van der Waals surface area contributed by atoms with E-state index in [1.807, 2.05) is 7.05 Å². The first-order valence-corrected chi connectivity index (χ1v) is 8.48. The van der Waals surface area contributed by atoms with E-state index >= 15 is 0 Å². The summed E-state index contributed by atoms with van der Waals surface area (Å²) >= 11 is 0. The van der Waals surface area contributed by atoms with Gasteiger partial charge in [0.1, 0.15) is 0 Å². The van der Waals surface area contributed by atoms with E-state index in [9.17, 15) is 0 Å². The minimum atomic E-state index is 0.698. The molecule has 2 N–H and O–H groups in total. The molecule has 5 nitrogen and oxygen atoms in total. The Morgan fingerprint density at radius 1 is 1.10 bits per heavy atom. The Labute approximate surface area is 128 Å². The lowest BCUT2D eigenvalue weighted by Crippen LogP contribution is -2.38. The fraction of sp³-hybridized carbons (Fsp3) is 0.938. The lowest BCUT2D eigenvalue weighted by molar-refractivity contribution is 0.0203. The van der Waals surface area contributed by atoms with Gasteiger partial charge < -0.3 is 20.1 Å². The Balaban J connectivity index is 1.40. The van der Waals surface area contributed by atoms with Gasteiger partial charge in [0.2, 0.25) is 0 Å². The molecule has 1 saturated carbocycles. The van der Waals surface area contributed by atoms with Crippen molar-refractivity contribution in [3.63, 3.8) is 0 Å². The van der Waals surface area contributed by atoms with E-state index in [4.69, 9.17) is 9.47 Å². The fourth-order valence-corrected chi connectivity index (χ4v) is 2.57. The molecule has 2 fully saturated rings. The minimum absolute atomic E-state index is 0.698. The Morgan fingerprint density at radius 2 is 1.86 bits per heavy atom. The zero-order valence-corrected chi connectivity index (χ0v) is 13.4. The predicted molar refractivity (Wildman–Crippen MR) is 85.7 cm³/mol. The molecule has 0 aromatic rings. The number of nitrogens with one attached hydrogen (secondary N) is 2. The SMILES string of the molecule is CN=C(NCCCOCC1CCOCC1)NCCC1CC1. The van der Waals surface area contributed by atoms with Gasteiger partial charge >= 0.3 is 0 Å². The highest BCUT2D eigenvalue weighted by molar-refractivity contribution is 5.79. The Hall–Kier alpha value is -0.810. The number of hydrogen-bond acceptors (Lipinski definition) is 3. The van der Waals surface area contributed by atoms with Crippen molar-refractivity contribution >= 4 is 5.96 Å². The van der Waals surface area contributed by atoms with Gasteiger partial charge in [-0.1, -0.05) is 12.8 Å². The molecule has 1 aliphatic carbocycles. The molecule has 0 aromatic carbocycles. The van der Waals surface area contributed by atoms with E-state index in [2.05, 4.69) is 15.6 Å². The van der Waals surface area contributed by atoms with Crippen LogP contribution in [0.15, 0.2) is 4.99 Å². The second-order valence-electron chi connectivity index (χ2n) is 6.14. The van der Waals surface area contributed by atoms with Crippen LogP contribution in [0.25, 0.3) is 0 Å². The zero-order chi connectivity index (χ0) is 14.8. The van der Waals surface area contributed by atoms with Gasteiger partial charge in [0.05, 0.1) is 0 Å². The fourth-order valence-electron chi connectivity index (χ4n) is 2.57. The van der Waals surface area contributed by atoms with Crippen molar-refractivity contribution in [2.24, 2.45) is 16.8 Å². The van der Waals surface area contributed by atoms with Crippen molar-refractivity contribution in [2.75, 3.05) is 46.6 Å². The maximum absolute atomic E-state index is 5.75. The highest BCUT2D eigenvalue weighted by Crippen LogP contribution is 2.31. The lowest BCUT2D eigenvalue weighted by atomic mass is 10.0. The summed E-state index contributed by atoms with van der Waals surface area (Å²) in [6, 6.07) is 0. The molecule has 5 heteroatoms. The smallest absolute Gasteiger partial charge is 0.190 e. The number of guanidine groups is 1. The van der Waals surface area contributed by atoms with Gasteiger partial charge in [-0.3, -0.25) is 4.99 Å². The van der Waals surface area contributed by atoms with E-state index < -0.39 is 0 Å². The second-order valence-corrected chi connectivity index (χ2v) is 6.14. The molecule has 0 radical (unpaired) electrons. The van der Waals surface area contributed by atoms with E-state index in [1.165, 1.54) is 19.3 Å². The predicted octanol–water partition coefficient (Wildman–Crippen LogP) is 1.78. The van der Waals surface area contributed by atoms with E-state index in [0.717, 1.165) is 70.7 Å². The Bertz CT molecular complexity index is 300. The molecule has 0 aromatic heterocycles. The van der Waals surface area contributed by atoms with Crippen LogP contribution < -0.4 is 10.6 Å². The summed E-state index contributed by atoms with van der Waals surface area (Å²) < 4.78 is 11.1. The summed E-state index contributed by atoms with van der Waals surface area (Å²) in [5.41, 5.74) is 0. The van der Waals surface area contributed by atoms with E-state index in [0.29, 0.717) is 5.92 Å². The summed E-state index contributed by atoms with van der Waals surface area (Å²) in [7, 11) is 1.83. The molecular weight excluding hydrogens is 266 g/mol. The normalized spacial score (nSPS) is 20.5. The third-order valence-corrected chi connectivity index (χ3v) is 4.22. The first kappa shape index (κ1) is 16.6. The molecule has 0 atom stereocenters. The molecule has 1 saturated heterocycles. The number of ether oxygens (including phenoxy) is 2. The molecule has 1 heterocycles. The molecule has 0 bridgehead atoms. The van der Waals surface area contributed by atoms with Crippen LogP contribution in [0.2, 0.25) is 0 Å². The van der Waals surface area contributed by atoms with E-state index in [1.54, 1.807) is 0 Å². The second kappa shape index (κ2) is 10.0. The van der Waals surface area contributed by atoms with Crippen molar-refractivity contribution in [2.45, 2.75) is 38.5 Å². The number of aliphatic imine (C=N–C) groups is 1. The first-order valence-electron chi connectivity index (χ1n) is 8.48. The number of hydrogen-bond donors (Lipinski definition) is 2. The molecule has 0 unspecified atom stereocenters. The molecule has 2 rings (SSSR count). The van der Waals surface area contributed by atoms with Crippen molar-refractivity contribution in [3.8, 4) is 0 Å². The van der Waals surface area contributed by atoms with Gasteiger partial charge in [0.25, 0.3) is 0 Å². The van der Waals surface area contributed by atoms with Gasteiger partial charge in [-0.2, -0.15) is 0 Å². The topological polar surface area (TPSA) is 54.9 Å². The third-order valence-electron chi connectivity index (χ3n) is 4.22. The van der Waals surface area contributed by atoms with Crippen LogP contribution in [0.1, 0.15) is 38.5 Å². The van der Waals surface area contributed by atoms with Crippen LogP contribution >= 0.6 is 0 Å². The zero-order valence-electron chi connectivity index (χ0n) is 13.4. The molecule has 122 valence electrons. The maximum Gasteiger partial charge on any atom is 0.190 e. The highest BCUT2D eigenvalue weighted by Gasteiger charge is 2.20. The monoisotopic (exact) mass is 297 g/mol. The molecule has 1 aliphatic heterocycles. The van der Waals surface area contributed by atoms with Gasteiger partial charge in [0.15, 0.2) is 5.96 Å². The summed E-state index contributed by atoms with van der Waals surface area (Å²) in [4.78, 5) is 4.24. The van der Waals surface area contributed by atoms with Crippen LogP contribution in [-0.4, -0.2) is 52.5 Å². The van der Waals surface area contributed by atoms with Gasteiger partial charge in [-0.05, 0) is 37.5 Å². The largest absolute Gasteiger partial charge is 0.381 e.